The summed E-state index contributed by atoms with van der Waals surface area (Å²) >= 11 is 0. The second-order valence-electron chi connectivity index (χ2n) is 5.24. The van der Waals surface area contributed by atoms with Gasteiger partial charge in [0.1, 0.15) is 0 Å². The van der Waals surface area contributed by atoms with E-state index in [4.69, 9.17) is 0 Å². The first kappa shape index (κ1) is 20.2. The van der Waals surface area contributed by atoms with E-state index in [0.29, 0.717) is 11.1 Å². The molecule has 0 aromatic heterocycles. The Balaban J connectivity index is 0.00000312. The minimum atomic E-state index is -0.582. The van der Waals surface area contributed by atoms with Gasteiger partial charge in [0, 0.05) is 40.6 Å². The second-order valence-corrected chi connectivity index (χ2v) is 5.24. The minimum Gasteiger partial charge on any atom is -0.304 e. The van der Waals surface area contributed by atoms with Gasteiger partial charge in [0.05, 0.1) is 0 Å². The number of carbonyl (C=O) groups is 3. The van der Waals surface area contributed by atoms with Gasteiger partial charge in [-0.3, -0.25) is 20.4 Å². The van der Waals surface area contributed by atoms with Crippen LogP contribution in [0, 0.1) is 0 Å². The zero-order valence-corrected chi connectivity index (χ0v) is 14.6. The van der Waals surface area contributed by atoms with Gasteiger partial charge in [-0.15, -0.1) is 0 Å². The Kier molecular flexibility index (Phi) is 7.65. The van der Waals surface area contributed by atoms with Crippen LogP contribution in [-0.4, -0.2) is 17.6 Å². The van der Waals surface area contributed by atoms with Crippen LogP contribution in [0.3, 0.4) is 0 Å². The number of amides is 2. The van der Waals surface area contributed by atoms with Crippen LogP contribution in [0.1, 0.15) is 13.8 Å². The van der Waals surface area contributed by atoms with Crippen molar-refractivity contribution < 1.29 is 31.5 Å². The van der Waals surface area contributed by atoms with Crippen molar-refractivity contribution >= 4 is 17.6 Å². The van der Waals surface area contributed by atoms with Crippen molar-refractivity contribution in [1.82, 2.24) is 21.7 Å². The Hall–Kier alpha value is -2.83. The van der Waals surface area contributed by atoms with E-state index in [-0.39, 0.29) is 28.6 Å². The Morgan fingerprint density at radius 1 is 0.800 bits per heavy atom. The van der Waals surface area contributed by atoms with E-state index in [9.17, 15) is 14.4 Å². The summed E-state index contributed by atoms with van der Waals surface area (Å²) in [5.74, 6) is -0.281. The Morgan fingerprint density at radius 3 is 1.56 bits per heavy atom. The predicted octanol–water partition coefficient (Wildman–Crippen LogP) is 1.23. The molecule has 2 aliphatic carbocycles. The first-order valence-corrected chi connectivity index (χ1v) is 7.24. The molecule has 2 rings (SSSR count). The van der Waals surface area contributed by atoms with E-state index < -0.39 is 6.03 Å². The molecule has 0 fully saturated rings. The van der Waals surface area contributed by atoms with E-state index in [1.165, 1.54) is 24.6 Å². The monoisotopic (exact) mass is 389 g/mol. The molecule has 0 bridgehead atoms. The van der Waals surface area contributed by atoms with Crippen LogP contribution in [0.2, 0.25) is 0 Å². The van der Waals surface area contributed by atoms with Gasteiger partial charge in [-0.2, -0.15) is 0 Å². The van der Waals surface area contributed by atoms with Gasteiger partial charge in [0.15, 0.2) is 11.6 Å². The number of rotatable bonds is 4. The molecular weight excluding hydrogens is 372 g/mol. The molecule has 0 aromatic carbocycles. The quantitative estimate of drug-likeness (QED) is 0.329. The summed E-state index contributed by atoms with van der Waals surface area (Å²) in [6.07, 6.45) is 12.7. The molecular formula is C17H18CuN4O3. The molecule has 7 nitrogen and oxygen atoms in total. The third-order valence-corrected chi connectivity index (χ3v) is 3.16. The molecule has 0 aromatic rings. The molecule has 0 heterocycles. The Morgan fingerprint density at radius 2 is 1.20 bits per heavy atom. The smallest absolute Gasteiger partial charge is 0.304 e. The molecule has 8 heteroatoms. The SMILES string of the molecule is CC1=CC(=O)/C(=C\NNC(=O)NN/C=C2/C=CC(C)=CC2=O)C=C1.[Cu]. The van der Waals surface area contributed by atoms with E-state index in [1.54, 1.807) is 24.3 Å². The summed E-state index contributed by atoms with van der Waals surface area (Å²) < 4.78 is 0. The third-order valence-electron chi connectivity index (χ3n) is 3.16. The fourth-order valence-corrected chi connectivity index (χ4v) is 1.91. The molecule has 0 saturated carbocycles. The normalized spacial score (nSPS) is 19.1. The average Bonchev–Trinajstić information content (AvgIpc) is 2.51. The third kappa shape index (κ3) is 6.29. The van der Waals surface area contributed by atoms with E-state index in [2.05, 4.69) is 21.7 Å². The summed E-state index contributed by atoms with van der Waals surface area (Å²) in [5, 5.41) is 0. The van der Waals surface area contributed by atoms with E-state index in [0.717, 1.165) is 11.1 Å². The summed E-state index contributed by atoms with van der Waals surface area (Å²) in [6.45, 7) is 3.65. The standard InChI is InChI=1S/C17H18N4O3.Cu/c1-11-3-5-13(15(22)7-11)9-18-20-17(24)21-19-10-14-6-4-12(2)8-16(14)23;/h3-10,18-19H,1-2H3,(H2,20,21,24);/b13-9-,14-10-;. The van der Waals surface area contributed by atoms with Gasteiger partial charge in [-0.1, -0.05) is 12.2 Å². The number of hydrogen-bond donors (Lipinski definition) is 4. The Bertz CT molecular complexity index is 696. The molecule has 2 aliphatic rings. The molecule has 25 heavy (non-hydrogen) atoms. The first-order chi connectivity index (χ1) is 11.5. The van der Waals surface area contributed by atoms with Gasteiger partial charge in [0.2, 0.25) is 0 Å². The number of hydrazine groups is 2. The van der Waals surface area contributed by atoms with Crippen LogP contribution < -0.4 is 21.7 Å². The van der Waals surface area contributed by atoms with Crippen LogP contribution in [0.5, 0.6) is 0 Å². The molecule has 2 amide bonds. The van der Waals surface area contributed by atoms with Crippen molar-refractivity contribution in [3.8, 4) is 0 Å². The van der Waals surface area contributed by atoms with Gasteiger partial charge >= 0.3 is 6.03 Å². The second kappa shape index (κ2) is 9.46. The number of ketones is 2. The summed E-state index contributed by atoms with van der Waals surface area (Å²) in [4.78, 5) is 34.9. The molecule has 0 aliphatic heterocycles. The van der Waals surface area contributed by atoms with Crippen LogP contribution in [0.4, 0.5) is 4.79 Å². The fraction of sp³-hybridized carbons (Fsp3) is 0.118. The number of urea groups is 1. The van der Waals surface area contributed by atoms with Crippen molar-refractivity contribution in [1.29, 1.82) is 0 Å². The maximum atomic E-state index is 11.7. The van der Waals surface area contributed by atoms with Crippen molar-refractivity contribution in [2.75, 3.05) is 0 Å². The van der Waals surface area contributed by atoms with Crippen molar-refractivity contribution in [2.45, 2.75) is 13.8 Å². The average molecular weight is 390 g/mol. The molecule has 0 unspecified atom stereocenters. The van der Waals surface area contributed by atoms with E-state index in [1.807, 2.05) is 13.8 Å². The van der Waals surface area contributed by atoms with Gasteiger partial charge < -0.3 is 10.9 Å². The van der Waals surface area contributed by atoms with Crippen LogP contribution in [-0.2, 0) is 26.7 Å². The number of allylic oxidation sites excluding steroid dienone is 10. The van der Waals surface area contributed by atoms with Crippen molar-refractivity contribution in [3.63, 3.8) is 0 Å². The minimum absolute atomic E-state index is 0. The van der Waals surface area contributed by atoms with Crippen LogP contribution >= 0.6 is 0 Å². The van der Waals surface area contributed by atoms with E-state index >= 15 is 0 Å². The van der Waals surface area contributed by atoms with Gasteiger partial charge in [-0.05, 0) is 49.3 Å². The van der Waals surface area contributed by atoms with Crippen molar-refractivity contribution in [2.24, 2.45) is 0 Å². The number of nitrogens with one attached hydrogen (secondary N) is 4. The fourth-order valence-electron chi connectivity index (χ4n) is 1.91. The van der Waals surface area contributed by atoms with Crippen molar-refractivity contribution in [3.05, 3.63) is 71.1 Å². The Labute approximate surface area is 156 Å². The molecule has 135 valence electrons. The number of hydrogen-bond acceptors (Lipinski definition) is 5. The molecule has 0 saturated heterocycles. The zero-order valence-electron chi connectivity index (χ0n) is 13.6. The van der Waals surface area contributed by atoms with Crippen LogP contribution in [0.15, 0.2) is 71.1 Å². The summed E-state index contributed by atoms with van der Waals surface area (Å²) in [5.41, 5.74) is 12.3. The molecule has 4 N–H and O–H groups in total. The molecule has 0 spiro atoms. The topological polar surface area (TPSA) is 99.3 Å². The summed E-state index contributed by atoms with van der Waals surface area (Å²) in [6, 6.07) is -0.582. The molecule has 1 radical (unpaired) electrons. The van der Waals surface area contributed by atoms with Gasteiger partial charge in [0.25, 0.3) is 0 Å². The largest absolute Gasteiger partial charge is 0.351 e. The first-order valence-electron chi connectivity index (χ1n) is 7.24. The maximum absolute atomic E-state index is 11.7. The maximum Gasteiger partial charge on any atom is 0.351 e. The zero-order chi connectivity index (χ0) is 17.5. The van der Waals surface area contributed by atoms with Crippen LogP contribution in [0.25, 0.3) is 0 Å². The number of carbonyl (C=O) groups excluding carboxylic acids is 3. The predicted molar refractivity (Wildman–Crippen MR) is 89.9 cm³/mol. The van der Waals surface area contributed by atoms with Gasteiger partial charge in [-0.25, -0.2) is 4.79 Å². The molecule has 0 atom stereocenters. The summed E-state index contributed by atoms with van der Waals surface area (Å²) in [7, 11) is 0.